The van der Waals surface area contributed by atoms with Crippen molar-refractivity contribution in [2.24, 2.45) is 5.92 Å². The van der Waals surface area contributed by atoms with Crippen molar-refractivity contribution in [2.45, 2.75) is 18.9 Å². The van der Waals surface area contributed by atoms with Crippen molar-refractivity contribution < 1.29 is 19.8 Å². The zero-order chi connectivity index (χ0) is 12.1. The van der Waals surface area contributed by atoms with Crippen molar-refractivity contribution in [2.75, 3.05) is 25.2 Å². The van der Waals surface area contributed by atoms with Crippen LogP contribution in [0.2, 0.25) is 0 Å². The molecule has 0 spiro atoms. The van der Waals surface area contributed by atoms with E-state index in [-0.39, 0.29) is 24.9 Å². The molecule has 1 amide bonds. The summed E-state index contributed by atoms with van der Waals surface area (Å²) in [5.74, 6) is -0.512. The van der Waals surface area contributed by atoms with Gasteiger partial charge in [0.15, 0.2) is 0 Å². The Morgan fingerprint density at radius 3 is 2.81 bits per heavy atom. The molecule has 2 N–H and O–H groups in total. The number of carbonyl (C=O) groups excluding carboxylic acids is 1. The molecule has 0 aromatic carbocycles. The summed E-state index contributed by atoms with van der Waals surface area (Å²) in [5, 5.41) is 18.0. The number of aliphatic hydroxyl groups excluding tert-OH is 1. The van der Waals surface area contributed by atoms with Crippen molar-refractivity contribution in [3.63, 3.8) is 0 Å². The molecule has 0 saturated carbocycles. The summed E-state index contributed by atoms with van der Waals surface area (Å²) >= 11 is 1.56. The number of aliphatic carboxylic acids is 1. The van der Waals surface area contributed by atoms with E-state index in [2.05, 4.69) is 0 Å². The van der Waals surface area contributed by atoms with Gasteiger partial charge in [-0.05, 0) is 18.4 Å². The fourth-order valence-corrected chi connectivity index (χ4v) is 2.33. The summed E-state index contributed by atoms with van der Waals surface area (Å²) in [7, 11) is 0. The Morgan fingerprint density at radius 2 is 2.38 bits per heavy atom. The number of carboxylic acids is 1. The largest absolute Gasteiger partial charge is 0.480 e. The predicted molar refractivity (Wildman–Crippen MR) is 61.3 cm³/mol. The summed E-state index contributed by atoms with van der Waals surface area (Å²) in [6, 6.07) is -0.739. The van der Waals surface area contributed by atoms with Gasteiger partial charge in [-0.2, -0.15) is 11.8 Å². The first kappa shape index (κ1) is 13.3. The average Bonchev–Trinajstić information content (AvgIpc) is 2.60. The second-order valence-corrected chi connectivity index (χ2v) is 4.92. The quantitative estimate of drug-likeness (QED) is 0.692. The maximum absolute atomic E-state index is 11.6. The molecule has 2 atom stereocenters. The van der Waals surface area contributed by atoms with E-state index in [1.165, 1.54) is 4.90 Å². The van der Waals surface area contributed by atoms with Gasteiger partial charge in [0.2, 0.25) is 5.91 Å². The lowest BCUT2D eigenvalue weighted by molar-refractivity contribution is -0.148. The molecule has 0 aliphatic carbocycles. The molecule has 0 aromatic heterocycles. The van der Waals surface area contributed by atoms with E-state index in [9.17, 15) is 9.59 Å². The molecular weight excluding hydrogens is 230 g/mol. The van der Waals surface area contributed by atoms with Gasteiger partial charge in [-0.25, -0.2) is 4.79 Å². The summed E-state index contributed by atoms with van der Waals surface area (Å²) < 4.78 is 0. The highest BCUT2D eigenvalue weighted by Crippen LogP contribution is 2.22. The third kappa shape index (κ3) is 3.12. The van der Waals surface area contributed by atoms with Crippen LogP contribution in [0, 0.1) is 5.92 Å². The Balaban J connectivity index is 2.64. The molecule has 1 unspecified atom stereocenters. The van der Waals surface area contributed by atoms with Crippen LogP contribution in [0.1, 0.15) is 12.8 Å². The molecule has 6 heteroatoms. The van der Waals surface area contributed by atoms with Crippen LogP contribution in [0.15, 0.2) is 0 Å². The molecule has 1 aliphatic heterocycles. The van der Waals surface area contributed by atoms with Gasteiger partial charge in [-0.15, -0.1) is 0 Å². The van der Waals surface area contributed by atoms with Crippen molar-refractivity contribution in [3.05, 3.63) is 0 Å². The zero-order valence-electron chi connectivity index (χ0n) is 9.26. The van der Waals surface area contributed by atoms with Crippen molar-refractivity contribution in [1.82, 2.24) is 4.90 Å². The monoisotopic (exact) mass is 247 g/mol. The van der Waals surface area contributed by atoms with E-state index in [1.54, 1.807) is 11.8 Å². The first-order valence-corrected chi connectivity index (χ1v) is 6.61. The van der Waals surface area contributed by atoms with Crippen LogP contribution in [-0.2, 0) is 9.59 Å². The number of hydrogen-bond acceptors (Lipinski definition) is 4. The van der Waals surface area contributed by atoms with Crippen LogP contribution in [0.5, 0.6) is 0 Å². The van der Waals surface area contributed by atoms with E-state index in [0.717, 1.165) is 0 Å². The molecule has 5 nitrogen and oxygen atoms in total. The van der Waals surface area contributed by atoms with Crippen LogP contribution in [0.25, 0.3) is 0 Å². The molecule has 0 bridgehead atoms. The van der Waals surface area contributed by atoms with Crippen LogP contribution in [0.3, 0.4) is 0 Å². The molecule has 1 aliphatic rings. The van der Waals surface area contributed by atoms with Gasteiger partial charge in [0.1, 0.15) is 6.04 Å². The first-order valence-electron chi connectivity index (χ1n) is 5.22. The van der Waals surface area contributed by atoms with Gasteiger partial charge in [0, 0.05) is 25.5 Å². The van der Waals surface area contributed by atoms with E-state index in [4.69, 9.17) is 10.2 Å². The van der Waals surface area contributed by atoms with Gasteiger partial charge < -0.3 is 15.1 Å². The van der Waals surface area contributed by atoms with Crippen molar-refractivity contribution in [3.8, 4) is 0 Å². The minimum absolute atomic E-state index is 0.0584. The van der Waals surface area contributed by atoms with Gasteiger partial charge in [0.05, 0.1) is 0 Å². The number of carbonyl (C=O) groups is 2. The highest BCUT2D eigenvalue weighted by atomic mass is 32.2. The maximum atomic E-state index is 11.6. The molecular formula is C10H17NO4S. The fourth-order valence-electron chi connectivity index (χ4n) is 1.87. The minimum Gasteiger partial charge on any atom is -0.480 e. The van der Waals surface area contributed by atoms with E-state index < -0.39 is 12.0 Å². The average molecular weight is 247 g/mol. The van der Waals surface area contributed by atoms with Crippen LogP contribution in [-0.4, -0.2) is 58.2 Å². The number of aliphatic hydroxyl groups is 1. The summed E-state index contributed by atoms with van der Waals surface area (Å²) in [6.07, 6.45) is 2.63. The lowest BCUT2D eigenvalue weighted by atomic mass is 10.1. The van der Waals surface area contributed by atoms with Crippen LogP contribution < -0.4 is 0 Å². The molecule has 0 radical (unpaired) electrons. The van der Waals surface area contributed by atoms with Crippen LogP contribution >= 0.6 is 11.8 Å². The van der Waals surface area contributed by atoms with Gasteiger partial charge >= 0.3 is 5.97 Å². The molecule has 1 fully saturated rings. The lowest BCUT2D eigenvalue weighted by Crippen LogP contribution is -2.42. The highest BCUT2D eigenvalue weighted by molar-refractivity contribution is 7.98. The topological polar surface area (TPSA) is 77.8 Å². The van der Waals surface area contributed by atoms with Crippen LogP contribution in [0.4, 0.5) is 0 Å². The number of hydrogen-bond donors (Lipinski definition) is 2. The second kappa shape index (κ2) is 6.10. The predicted octanol–water partition coefficient (Wildman–Crippen LogP) is 0.0335. The second-order valence-electron chi connectivity index (χ2n) is 3.93. The number of rotatable bonds is 6. The summed E-state index contributed by atoms with van der Waals surface area (Å²) in [6.45, 7) is 0.303. The normalized spacial score (nSPS) is 22.5. The zero-order valence-corrected chi connectivity index (χ0v) is 10.1. The Hall–Kier alpha value is -0.750. The number of thioether (sulfide) groups is 1. The van der Waals surface area contributed by atoms with Crippen molar-refractivity contribution >= 4 is 23.6 Å². The number of amides is 1. The Morgan fingerprint density at radius 1 is 1.69 bits per heavy atom. The lowest BCUT2D eigenvalue weighted by Gasteiger charge is -2.24. The molecule has 1 heterocycles. The van der Waals surface area contributed by atoms with Gasteiger partial charge in [-0.3, -0.25) is 4.79 Å². The Bertz CT molecular complexity index is 272. The standard InChI is InChI=1S/C10H17NO4S/c1-16-3-2-8(10(14)15)11-5-7(6-12)4-9(11)13/h7-8,12H,2-6H2,1H3,(H,14,15)/t7?,8-/m0/s1. The smallest absolute Gasteiger partial charge is 0.326 e. The molecule has 92 valence electrons. The number of carboxylic acid groups (broad SMARTS) is 1. The van der Waals surface area contributed by atoms with Gasteiger partial charge in [0.25, 0.3) is 0 Å². The maximum Gasteiger partial charge on any atom is 0.326 e. The van der Waals surface area contributed by atoms with Crippen molar-refractivity contribution in [1.29, 1.82) is 0 Å². The van der Waals surface area contributed by atoms with E-state index in [0.29, 0.717) is 18.7 Å². The Labute approximate surface area is 98.8 Å². The summed E-state index contributed by atoms with van der Waals surface area (Å²) in [5.41, 5.74) is 0. The minimum atomic E-state index is -0.957. The third-order valence-corrected chi connectivity index (χ3v) is 3.40. The first-order chi connectivity index (χ1) is 7.60. The molecule has 0 aromatic rings. The third-order valence-electron chi connectivity index (χ3n) is 2.75. The fraction of sp³-hybridized carbons (Fsp3) is 0.800. The Kier molecular flexibility index (Phi) is 5.08. The number of nitrogens with zero attached hydrogens (tertiary/aromatic N) is 1. The van der Waals surface area contributed by atoms with E-state index in [1.807, 2.05) is 6.26 Å². The highest BCUT2D eigenvalue weighted by Gasteiger charge is 2.36. The van der Waals surface area contributed by atoms with Gasteiger partial charge in [-0.1, -0.05) is 0 Å². The molecule has 1 saturated heterocycles. The summed E-state index contributed by atoms with van der Waals surface area (Å²) in [4.78, 5) is 24.1. The SMILES string of the molecule is CSCC[C@@H](C(=O)O)N1CC(CO)CC1=O. The van der Waals surface area contributed by atoms with E-state index >= 15 is 0 Å². The molecule has 1 rings (SSSR count). The number of likely N-dealkylation sites (tertiary alicyclic amines) is 1. The molecule has 16 heavy (non-hydrogen) atoms.